The standard InChI is InChI=1S/C18H22N4O2S.HI/c19-18(21-10-4-9-20-17(23)16-7-3-12-25-16)22-14-8-11-24-15-6-2-1-5-13(14)15;/h1-3,5-7,12,14H,4,8-11H2,(H,20,23)(H3,19,21,22);1H. The average molecular weight is 486 g/mol. The number of fused-ring (bicyclic) bond motifs is 1. The van der Waals surface area contributed by atoms with Gasteiger partial charge in [-0.25, -0.2) is 0 Å². The van der Waals surface area contributed by atoms with Crippen molar-refractivity contribution in [2.24, 2.45) is 10.7 Å². The normalized spacial score (nSPS) is 16.0. The van der Waals surface area contributed by atoms with Gasteiger partial charge >= 0.3 is 0 Å². The van der Waals surface area contributed by atoms with E-state index in [1.807, 2.05) is 41.8 Å². The minimum atomic E-state index is -0.0381. The summed E-state index contributed by atoms with van der Waals surface area (Å²) in [6, 6.07) is 11.8. The van der Waals surface area contributed by atoms with Crippen LogP contribution in [0, 0.1) is 0 Å². The number of rotatable bonds is 6. The maximum atomic E-state index is 11.8. The Morgan fingerprint density at radius 1 is 1.31 bits per heavy atom. The highest BCUT2D eigenvalue weighted by molar-refractivity contribution is 14.0. The molecule has 0 radical (unpaired) electrons. The Balaban J connectivity index is 0.00000243. The van der Waals surface area contributed by atoms with Gasteiger partial charge < -0.3 is 21.1 Å². The van der Waals surface area contributed by atoms with Crippen molar-refractivity contribution >= 4 is 47.2 Å². The first-order valence-electron chi connectivity index (χ1n) is 8.34. The van der Waals surface area contributed by atoms with E-state index in [4.69, 9.17) is 10.5 Å². The lowest BCUT2D eigenvalue weighted by molar-refractivity contribution is 0.0957. The van der Waals surface area contributed by atoms with E-state index in [0.717, 1.165) is 29.0 Å². The van der Waals surface area contributed by atoms with Crippen molar-refractivity contribution in [3.05, 3.63) is 52.2 Å². The van der Waals surface area contributed by atoms with Gasteiger partial charge in [-0.2, -0.15) is 0 Å². The van der Waals surface area contributed by atoms with E-state index in [-0.39, 0.29) is 35.9 Å². The maximum absolute atomic E-state index is 11.8. The number of hydrogen-bond donors (Lipinski definition) is 3. The predicted molar refractivity (Wildman–Crippen MR) is 116 cm³/mol. The van der Waals surface area contributed by atoms with Gasteiger partial charge in [-0.05, 0) is 23.9 Å². The molecule has 1 unspecified atom stereocenters. The molecule has 4 N–H and O–H groups in total. The fraction of sp³-hybridized carbons (Fsp3) is 0.333. The smallest absolute Gasteiger partial charge is 0.261 e. The van der Waals surface area contributed by atoms with Crippen LogP contribution in [-0.4, -0.2) is 31.6 Å². The molecule has 2 aromatic rings. The van der Waals surface area contributed by atoms with Crippen molar-refractivity contribution in [2.75, 3.05) is 19.7 Å². The molecule has 8 heteroatoms. The largest absolute Gasteiger partial charge is 0.493 e. The molecule has 0 bridgehead atoms. The lowest BCUT2D eigenvalue weighted by Crippen LogP contribution is -2.37. The minimum absolute atomic E-state index is 0. The third kappa shape index (κ3) is 5.60. The van der Waals surface area contributed by atoms with Crippen molar-refractivity contribution < 1.29 is 9.53 Å². The number of guanidine groups is 1. The molecular formula is C18H23IN4O2S. The highest BCUT2D eigenvalue weighted by Gasteiger charge is 2.21. The fourth-order valence-electron chi connectivity index (χ4n) is 2.69. The van der Waals surface area contributed by atoms with Crippen molar-refractivity contribution in [2.45, 2.75) is 18.9 Å². The van der Waals surface area contributed by atoms with E-state index < -0.39 is 0 Å². The first-order valence-corrected chi connectivity index (χ1v) is 9.22. The molecule has 26 heavy (non-hydrogen) atoms. The Kier molecular flexibility index (Phi) is 8.17. The molecule has 1 aliphatic rings. The summed E-state index contributed by atoms with van der Waals surface area (Å²) < 4.78 is 5.64. The Morgan fingerprint density at radius 2 is 2.15 bits per heavy atom. The van der Waals surface area contributed by atoms with Crippen LogP contribution in [0.4, 0.5) is 0 Å². The van der Waals surface area contributed by atoms with Crippen LogP contribution in [0.3, 0.4) is 0 Å². The van der Waals surface area contributed by atoms with Crippen LogP contribution < -0.4 is 21.1 Å². The molecule has 1 aromatic carbocycles. The lowest BCUT2D eigenvalue weighted by atomic mass is 10.0. The van der Waals surface area contributed by atoms with E-state index in [2.05, 4.69) is 15.6 Å². The summed E-state index contributed by atoms with van der Waals surface area (Å²) in [6.45, 7) is 1.80. The first-order chi connectivity index (χ1) is 12.2. The van der Waals surface area contributed by atoms with Crippen molar-refractivity contribution in [3.8, 4) is 5.75 Å². The number of nitrogens with zero attached hydrogens (tertiary/aromatic N) is 1. The molecule has 3 rings (SSSR count). The summed E-state index contributed by atoms with van der Waals surface area (Å²) in [6.07, 6.45) is 1.59. The molecule has 6 nitrogen and oxygen atoms in total. The number of halogens is 1. The van der Waals surface area contributed by atoms with Crippen LogP contribution in [-0.2, 0) is 0 Å². The number of thiophene rings is 1. The summed E-state index contributed by atoms with van der Waals surface area (Å²) in [7, 11) is 0. The molecule has 0 spiro atoms. The van der Waals surface area contributed by atoms with E-state index in [1.165, 1.54) is 11.3 Å². The lowest BCUT2D eigenvalue weighted by Gasteiger charge is -2.26. The molecule has 140 valence electrons. The molecule has 2 heterocycles. The number of para-hydroxylation sites is 1. The monoisotopic (exact) mass is 486 g/mol. The van der Waals surface area contributed by atoms with E-state index >= 15 is 0 Å². The Bertz CT molecular complexity index is 737. The number of nitrogens with two attached hydrogens (primary N) is 1. The van der Waals surface area contributed by atoms with Crippen LogP contribution >= 0.6 is 35.3 Å². The summed E-state index contributed by atoms with van der Waals surface area (Å²) in [5, 5.41) is 8.03. The molecule has 0 saturated heterocycles. The number of carbonyl (C=O) groups is 1. The Hall–Kier alpha value is -1.81. The number of nitrogens with one attached hydrogen (secondary N) is 2. The van der Waals surface area contributed by atoms with Crippen LogP contribution in [0.2, 0.25) is 0 Å². The highest BCUT2D eigenvalue weighted by Crippen LogP contribution is 2.31. The summed E-state index contributed by atoms with van der Waals surface area (Å²) in [4.78, 5) is 16.9. The number of carbonyl (C=O) groups excluding carboxylic acids is 1. The molecule has 0 saturated carbocycles. The summed E-state index contributed by atoms with van der Waals surface area (Å²) in [5.41, 5.74) is 7.10. The molecule has 1 atom stereocenters. The van der Waals surface area contributed by atoms with Gasteiger partial charge in [0.1, 0.15) is 5.75 Å². The number of ether oxygens (including phenoxy) is 1. The van der Waals surface area contributed by atoms with Crippen LogP contribution in [0.15, 0.2) is 46.8 Å². The molecule has 0 aliphatic carbocycles. The topological polar surface area (TPSA) is 88.7 Å². The van der Waals surface area contributed by atoms with Crippen LogP contribution in [0.25, 0.3) is 0 Å². The van der Waals surface area contributed by atoms with Crippen molar-refractivity contribution in [1.82, 2.24) is 10.6 Å². The molecule has 0 fully saturated rings. The third-order valence-electron chi connectivity index (χ3n) is 3.93. The number of aliphatic imine (C=N–C) groups is 1. The van der Waals surface area contributed by atoms with Gasteiger partial charge in [-0.15, -0.1) is 35.3 Å². The quantitative estimate of drug-likeness (QED) is 0.254. The van der Waals surface area contributed by atoms with Crippen LogP contribution in [0.1, 0.15) is 34.1 Å². The van der Waals surface area contributed by atoms with Gasteiger partial charge in [0.25, 0.3) is 5.91 Å². The predicted octanol–water partition coefficient (Wildman–Crippen LogP) is 2.91. The SMILES string of the molecule is I.NC(=NCCCNC(=O)c1cccs1)NC1CCOc2ccccc21. The second-order valence-corrected chi connectivity index (χ2v) is 6.67. The first kappa shape index (κ1) is 20.5. The zero-order valence-corrected chi connectivity index (χ0v) is 17.5. The highest BCUT2D eigenvalue weighted by atomic mass is 127. The number of benzene rings is 1. The fourth-order valence-corrected chi connectivity index (χ4v) is 3.33. The molecule has 1 aliphatic heterocycles. The Morgan fingerprint density at radius 3 is 2.96 bits per heavy atom. The van der Waals surface area contributed by atoms with Gasteiger partial charge in [0, 0.05) is 25.1 Å². The number of hydrogen-bond acceptors (Lipinski definition) is 4. The third-order valence-corrected chi connectivity index (χ3v) is 4.80. The maximum Gasteiger partial charge on any atom is 0.261 e. The van der Waals surface area contributed by atoms with Gasteiger partial charge in [-0.3, -0.25) is 9.79 Å². The van der Waals surface area contributed by atoms with Gasteiger partial charge in [-0.1, -0.05) is 24.3 Å². The summed E-state index contributed by atoms with van der Waals surface area (Å²) in [5.74, 6) is 1.28. The molecule has 1 amide bonds. The van der Waals surface area contributed by atoms with Gasteiger partial charge in [0.2, 0.25) is 0 Å². The summed E-state index contributed by atoms with van der Waals surface area (Å²) >= 11 is 1.43. The Labute approximate surface area is 174 Å². The second kappa shape index (κ2) is 10.4. The zero-order valence-electron chi connectivity index (χ0n) is 14.3. The average Bonchev–Trinajstić information content (AvgIpc) is 3.16. The van der Waals surface area contributed by atoms with Gasteiger partial charge in [0.15, 0.2) is 5.96 Å². The second-order valence-electron chi connectivity index (χ2n) is 5.73. The molecule has 1 aromatic heterocycles. The van der Waals surface area contributed by atoms with Crippen LogP contribution in [0.5, 0.6) is 5.75 Å². The zero-order chi connectivity index (χ0) is 17.5. The minimum Gasteiger partial charge on any atom is -0.493 e. The van der Waals surface area contributed by atoms with Crippen molar-refractivity contribution in [3.63, 3.8) is 0 Å². The van der Waals surface area contributed by atoms with E-state index in [0.29, 0.717) is 25.7 Å². The van der Waals surface area contributed by atoms with E-state index in [9.17, 15) is 4.79 Å². The van der Waals surface area contributed by atoms with E-state index in [1.54, 1.807) is 0 Å². The number of amides is 1. The van der Waals surface area contributed by atoms with Gasteiger partial charge in [0.05, 0.1) is 17.5 Å². The molecular weight excluding hydrogens is 463 g/mol. The van der Waals surface area contributed by atoms with Crippen molar-refractivity contribution in [1.29, 1.82) is 0 Å².